The van der Waals surface area contributed by atoms with Crippen molar-refractivity contribution in [2.75, 3.05) is 6.54 Å². The molecule has 0 amide bonds. The number of pyridine rings is 1. The Bertz CT molecular complexity index is 352. The maximum absolute atomic E-state index is 9.65. The Morgan fingerprint density at radius 1 is 1.56 bits per heavy atom. The highest BCUT2D eigenvalue weighted by Gasteiger charge is 2.26. The van der Waals surface area contributed by atoms with Crippen LogP contribution in [0.1, 0.15) is 37.1 Å². The Kier molecular flexibility index (Phi) is 3.56. The first kappa shape index (κ1) is 11.6. The molecule has 16 heavy (non-hydrogen) atoms. The number of aryl methyl sites for hydroxylation is 1. The molecule has 0 saturated carbocycles. The van der Waals surface area contributed by atoms with Gasteiger partial charge in [0.05, 0.1) is 11.8 Å². The third-order valence-electron chi connectivity index (χ3n) is 3.42. The molecule has 2 heterocycles. The highest BCUT2D eigenvalue weighted by Crippen LogP contribution is 2.28. The lowest BCUT2D eigenvalue weighted by molar-refractivity contribution is 0.0926. The predicted molar refractivity (Wildman–Crippen MR) is 64.1 cm³/mol. The summed E-state index contributed by atoms with van der Waals surface area (Å²) in [6.07, 6.45) is 3.68. The summed E-state index contributed by atoms with van der Waals surface area (Å²) in [6.45, 7) is 4.94. The van der Waals surface area contributed by atoms with Crippen LogP contribution in [0.25, 0.3) is 0 Å². The minimum Gasteiger partial charge on any atom is -0.393 e. The van der Waals surface area contributed by atoms with Gasteiger partial charge in [-0.15, -0.1) is 0 Å². The predicted octanol–water partition coefficient (Wildman–Crippen LogP) is 1.81. The van der Waals surface area contributed by atoms with E-state index >= 15 is 0 Å². The van der Waals surface area contributed by atoms with E-state index in [1.54, 1.807) is 0 Å². The molecule has 2 N–H and O–H groups in total. The maximum Gasteiger partial charge on any atom is 0.0575 e. The molecule has 0 aliphatic carbocycles. The molecule has 0 bridgehead atoms. The topological polar surface area (TPSA) is 45.2 Å². The van der Waals surface area contributed by atoms with Crippen molar-refractivity contribution in [1.29, 1.82) is 0 Å². The quantitative estimate of drug-likeness (QED) is 0.799. The van der Waals surface area contributed by atoms with Crippen LogP contribution in [0.2, 0.25) is 0 Å². The molecule has 1 aromatic heterocycles. The Morgan fingerprint density at radius 3 is 3.06 bits per heavy atom. The fourth-order valence-electron chi connectivity index (χ4n) is 2.36. The molecule has 3 nitrogen and oxygen atoms in total. The average Bonchev–Trinajstić information content (AvgIpc) is 2.29. The van der Waals surface area contributed by atoms with Crippen LogP contribution in [0.5, 0.6) is 0 Å². The molecule has 3 atom stereocenters. The Balaban J connectivity index is 2.09. The highest BCUT2D eigenvalue weighted by atomic mass is 16.3. The van der Waals surface area contributed by atoms with Gasteiger partial charge in [-0.3, -0.25) is 4.98 Å². The monoisotopic (exact) mass is 220 g/mol. The number of aromatic nitrogens is 1. The van der Waals surface area contributed by atoms with Crippen molar-refractivity contribution in [3.05, 3.63) is 29.6 Å². The summed E-state index contributed by atoms with van der Waals surface area (Å²) in [5.41, 5.74) is 2.34. The van der Waals surface area contributed by atoms with Crippen molar-refractivity contribution in [3.63, 3.8) is 0 Å². The van der Waals surface area contributed by atoms with Crippen LogP contribution in [-0.2, 0) is 0 Å². The van der Waals surface area contributed by atoms with Gasteiger partial charge in [0.2, 0.25) is 0 Å². The minimum atomic E-state index is -0.214. The van der Waals surface area contributed by atoms with Gasteiger partial charge in [-0.25, -0.2) is 0 Å². The molecule has 1 saturated heterocycles. The Labute approximate surface area is 96.9 Å². The van der Waals surface area contributed by atoms with E-state index in [9.17, 15) is 5.11 Å². The number of nitrogens with one attached hydrogen (secondary N) is 1. The van der Waals surface area contributed by atoms with E-state index in [4.69, 9.17) is 0 Å². The van der Waals surface area contributed by atoms with Crippen LogP contribution in [-0.4, -0.2) is 22.7 Å². The van der Waals surface area contributed by atoms with E-state index < -0.39 is 0 Å². The zero-order valence-corrected chi connectivity index (χ0v) is 9.98. The number of aliphatic hydroxyl groups is 1. The van der Waals surface area contributed by atoms with Gasteiger partial charge in [0.1, 0.15) is 0 Å². The standard InChI is InChI=1S/C13H20N2O/c1-9-3-5-14-12(7-9)13-8-11(10(2)16)4-6-15-13/h3,5,7,10-11,13,15-16H,4,6,8H2,1-2H3. The molecule has 3 unspecified atom stereocenters. The van der Waals surface area contributed by atoms with Crippen molar-refractivity contribution in [3.8, 4) is 0 Å². The SMILES string of the molecule is Cc1ccnc(C2CC(C(C)O)CCN2)c1. The molecule has 3 heteroatoms. The van der Waals surface area contributed by atoms with E-state index in [0.29, 0.717) is 12.0 Å². The summed E-state index contributed by atoms with van der Waals surface area (Å²) >= 11 is 0. The van der Waals surface area contributed by atoms with Gasteiger partial charge in [0.15, 0.2) is 0 Å². The second-order valence-electron chi connectivity index (χ2n) is 4.79. The van der Waals surface area contributed by atoms with Gasteiger partial charge in [0.25, 0.3) is 0 Å². The molecule has 1 aliphatic rings. The summed E-state index contributed by atoms with van der Waals surface area (Å²) < 4.78 is 0. The van der Waals surface area contributed by atoms with E-state index in [0.717, 1.165) is 25.1 Å². The van der Waals surface area contributed by atoms with Crippen molar-refractivity contribution in [2.45, 2.75) is 38.8 Å². The van der Waals surface area contributed by atoms with Gasteiger partial charge in [0, 0.05) is 12.2 Å². The van der Waals surface area contributed by atoms with Gasteiger partial charge < -0.3 is 10.4 Å². The van der Waals surface area contributed by atoms with Crippen LogP contribution in [0.4, 0.5) is 0 Å². The Hall–Kier alpha value is -0.930. The lowest BCUT2D eigenvalue weighted by Gasteiger charge is -2.31. The van der Waals surface area contributed by atoms with E-state index in [2.05, 4.69) is 23.3 Å². The van der Waals surface area contributed by atoms with Crippen LogP contribution < -0.4 is 5.32 Å². The van der Waals surface area contributed by atoms with Crippen LogP contribution in [0, 0.1) is 12.8 Å². The largest absolute Gasteiger partial charge is 0.393 e. The molecule has 1 aliphatic heterocycles. The second-order valence-corrected chi connectivity index (χ2v) is 4.79. The number of aliphatic hydroxyl groups excluding tert-OH is 1. The number of hydrogen-bond donors (Lipinski definition) is 2. The van der Waals surface area contributed by atoms with Gasteiger partial charge in [-0.1, -0.05) is 0 Å². The van der Waals surface area contributed by atoms with Gasteiger partial charge >= 0.3 is 0 Å². The second kappa shape index (κ2) is 4.93. The van der Waals surface area contributed by atoms with Crippen molar-refractivity contribution in [1.82, 2.24) is 10.3 Å². The molecule has 0 radical (unpaired) electrons. The fourth-order valence-corrected chi connectivity index (χ4v) is 2.36. The summed E-state index contributed by atoms with van der Waals surface area (Å²) in [7, 11) is 0. The molecular formula is C13H20N2O. The minimum absolute atomic E-state index is 0.214. The third-order valence-corrected chi connectivity index (χ3v) is 3.42. The number of hydrogen-bond acceptors (Lipinski definition) is 3. The number of piperidine rings is 1. The van der Waals surface area contributed by atoms with Crippen molar-refractivity contribution < 1.29 is 5.11 Å². The summed E-state index contributed by atoms with van der Waals surface area (Å²) in [6, 6.07) is 4.44. The summed E-state index contributed by atoms with van der Waals surface area (Å²) in [4.78, 5) is 4.41. The first-order valence-corrected chi connectivity index (χ1v) is 6.01. The van der Waals surface area contributed by atoms with Crippen LogP contribution in [0.15, 0.2) is 18.3 Å². The zero-order valence-electron chi connectivity index (χ0n) is 9.98. The smallest absolute Gasteiger partial charge is 0.0575 e. The zero-order chi connectivity index (χ0) is 11.5. The average molecular weight is 220 g/mol. The molecular weight excluding hydrogens is 200 g/mol. The van der Waals surface area contributed by atoms with Crippen LogP contribution >= 0.6 is 0 Å². The van der Waals surface area contributed by atoms with Gasteiger partial charge in [-0.05, 0) is 56.8 Å². The number of nitrogens with zero attached hydrogens (tertiary/aromatic N) is 1. The van der Waals surface area contributed by atoms with Crippen molar-refractivity contribution >= 4 is 0 Å². The Morgan fingerprint density at radius 2 is 2.38 bits per heavy atom. The summed E-state index contributed by atoms with van der Waals surface area (Å²) in [5, 5.41) is 13.1. The molecule has 0 aromatic carbocycles. The highest BCUT2D eigenvalue weighted by molar-refractivity contribution is 5.17. The first-order chi connectivity index (χ1) is 7.66. The van der Waals surface area contributed by atoms with Crippen molar-refractivity contribution in [2.24, 2.45) is 5.92 Å². The fraction of sp³-hybridized carbons (Fsp3) is 0.615. The van der Waals surface area contributed by atoms with Gasteiger partial charge in [-0.2, -0.15) is 0 Å². The molecule has 2 rings (SSSR count). The first-order valence-electron chi connectivity index (χ1n) is 6.01. The normalized spacial score (nSPS) is 27.7. The molecule has 0 spiro atoms. The van der Waals surface area contributed by atoms with E-state index in [1.165, 1.54) is 5.56 Å². The van der Waals surface area contributed by atoms with E-state index in [1.807, 2.05) is 19.2 Å². The number of rotatable bonds is 2. The maximum atomic E-state index is 9.65. The van der Waals surface area contributed by atoms with E-state index in [-0.39, 0.29) is 6.10 Å². The lowest BCUT2D eigenvalue weighted by Crippen LogP contribution is -2.36. The summed E-state index contributed by atoms with van der Waals surface area (Å²) in [5.74, 6) is 0.397. The molecule has 88 valence electrons. The lowest BCUT2D eigenvalue weighted by atomic mass is 9.87. The molecule has 1 aromatic rings. The third kappa shape index (κ3) is 2.60. The molecule has 1 fully saturated rings. The van der Waals surface area contributed by atoms with Crippen LogP contribution in [0.3, 0.4) is 0 Å².